The maximum Gasteiger partial charge on any atom is 0.307 e. The second-order valence-electron chi connectivity index (χ2n) is 4.20. The molecule has 0 aliphatic heterocycles. The van der Waals surface area contributed by atoms with Crippen LogP contribution >= 0.6 is 15.9 Å². The Balaban J connectivity index is 2.06. The first kappa shape index (κ1) is 13.5. The largest absolute Gasteiger partial charge is 0.481 e. The number of aliphatic carboxylic acids is 1. The van der Waals surface area contributed by atoms with E-state index in [4.69, 9.17) is 5.11 Å². The first-order valence-corrected chi connectivity index (χ1v) is 6.17. The van der Waals surface area contributed by atoms with Gasteiger partial charge in [-0.2, -0.15) is 0 Å². The number of carbonyl (C=O) groups is 2. The highest BCUT2D eigenvalue weighted by Gasteiger charge is 2.48. The average molecular weight is 329 g/mol. The summed E-state index contributed by atoms with van der Waals surface area (Å²) in [6, 6.07) is 3.94. The van der Waals surface area contributed by atoms with Crippen LogP contribution in [-0.4, -0.2) is 21.9 Å². The molecular formula is C11H9BrN2O5. The van der Waals surface area contributed by atoms with E-state index >= 15 is 0 Å². The van der Waals surface area contributed by atoms with Crippen LogP contribution in [0, 0.1) is 22.0 Å². The quantitative estimate of drug-likeness (QED) is 0.649. The summed E-state index contributed by atoms with van der Waals surface area (Å²) in [5, 5.41) is 21.8. The van der Waals surface area contributed by atoms with E-state index in [0.29, 0.717) is 16.6 Å². The molecule has 0 spiro atoms. The van der Waals surface area contributed by atoms with E-state index in [0.717, 1.165) is 0 Å². The molecule has 2 rings (SSSR count). The summed E-state index contributed by atoms with van der Waals surface area (Å²) in [6.07, 6.45) is 0.325. The highest BCUT2D eigenvalue weighted by atomic mass is 79.9. The van der Waals surface area contributed by atoms with Gasteiger partial charge in [-0.3, -0.25) is 19.7 Å². The number of nitro benzene ring substituents is 1. The Labute approximate surface area is 115 Å². The molecule has 1 aliphatic carbocycles. The van der Waals surface area contributed by atoms with Crippen LogP contribution in [0.2, 0.25) is 0 Å². The summed E-state index contributed by atoms with van der Waals surface area (Å²) in [7, 11) is 0. The van der Waals surface area contributed by atoms with E-state index in [9.17, 15) is 19.7 Å². The van der Waals surface area contributed by atoms with Crippen molar-refractivity contribution < 1.29 is 19.6 Å². The molecule has 1 aliphatic rings. The molecule has 100 valence electrons. The molecule has 7 nitrogen and oxygen atoms in total. The summed E-state index contributed by atoms with van der Waals surface area (Å²) in [5.41, 5.74) is 0.284. The van der Waals surface area contributed by atoms with Gasteiger partial charge in [0, 0.05) is 16.6 Å². The summed E-state index contributed by atoms with van der Waals surface area (Å²) in [5.74, 6) is -2.53. The number of non-ortho nitro benzene ring substituents is 1. The lowest BCUT2D eigenvalue weighted by Crippen LogP contribution is -2.17. The van der Waals surface area contributed by atoms with Crippen molar-refractivity contribution in [3.63, 3.8) is 0 Å². The molecule has 1 amide bonds. The molecule has 0 unspecified atom stereocenters. The van der Waals surface area contributed by atoms with Gasteiger partial charge in [-0.05, 0) is 28.4 Å². The Bertz CT molecular complexity index is 574. The molecule has 0 saturated heterocycles. The van der Waals surface area contributed by atoms with E-state index in [1.54, 1.807) is 0 Å². The molecule has 1 fully saturated rings. The number of hydrogen-bond donors (Lipinski definition) is 2. The molecule has 8 heteroatoms. The first-order chi connectivity index (χ1) is 8.90. The molecule has 0 radical (unpaired) electrons. The predicted octanol–water partition coefficient (Wildman–Crippen LogP) is 2.02. The van der Waals surface area contributed by atoms with Crippen molar-refractivity contribution in [2.45, 2.75) is 6.42 Å². The van der Waals surface area contributed by atoms with Crippen molar-refractivity contribution in [3.05, 3.63) is 32.8 Å². The van der Waals surface area contributed by atoms with Crippen LogP contribution in [0.4, 0.5) is 11.4 Å². The molecule has 19 heavy (non-hydrogen) atoms. The summed E-state index contributed by atoms with van der Waals surface area (Å²) in [6.45, 7) is 0. The van der Waals surface area contributed by atoms with Crippen molar-refractivity contribution >= 4 is 39.2 Å². The van der Waals surface area contributed by atoms with Gasteiger partial charge in [0.15, 0.2) is 0 Å². The number of carbonyl (C=O) groups excluding carboxylic acids is 1. The van der Waals surface area contributed by atoms with Gasteiger partial charge in [-0.25, -0.2) is 0 Å². The van der Waals surface area contributed by atoms with E-state index in [2.05, 4.69) is 21.2 Å². The molecule has 2 atom stereocenters. The SMILES string of the molecule is O=C(O)[C@H]1C[C@H]1C(=O)Nc1ccc([N+](=O)[O-])cc1Br. The second-order valence-corrected chi connectivity index (χ2v) is 5.05. The monoisotopic (exact) mass is 328 g/mol. The van der Waals surface area contributed by atoms with E-state index in [1.807, 2.05) is 0 Å². The number of nitrogens with zero attached hydrogens (tertiary/aromatic N) is 1. The fourth-order valence-corrected chi connectivity index (χ4v) is 2.17. The normalized spacial score (nSPS) is 20.7. The number of rotatable bonds is 4. The zero-order valence-electron chi connectivity index (χ0n) is 9.50. The molecule has 0 bridgehead atoms. The molecule has 2 N–H and O–H groups in total. The highest BCUT2D eigenvalue weighted by molar-refractivity contribution is 9.10. The number of anilines is 1. The first-order valence-electron chi connectivity index (χ1n) is 5.37. The third-order valence-corrected chi connectivity index (χ3v) is 3.52. The van der Waals surface area contributed by atoms with E-state index < -0.39 is 22.7 Å². The zero-order chi connectivity index (χ0) is 14.2. The minimum Gasteiger partial charge on any atom is -0.481 e. The van der Waals surface area contributed by atoms with Crippen molar-refractivity contribution in [2.75, 3.05) is 5.32 Å². The van der Waals surface area contributed by atoms with Crippen molar-refractivity contribution in [3.8, 4) is 0 Å². The molecular weight excluding hydrogens is 320 g/mol. The van der Waals surface area contributed by atoms with Crippen molar-refractivity contribution in [2.24, 2.45) is 11.8 Å². The van der Waals surface area contributed by atoms with Crippen LogP contribution in [0.5, 0.6) is 0 Å². The van der Waals surface area contributed by atoms with Crippen LogP contribution in [-0.2, 0) is 9.59 Å². The number of nitrogens with one attached hydrogen (secondary N) is 1. The lowest BCUT2D eigenvalue weighted by molar-refractivity contribution is -0.384. The minimum atomic E-state index is -0.983. The summed E-state index contributed by atoms with van der Waals surface area (Å²) < 4.78 is 0.377. The van der Waals surface area contributed by atoms with Gasteiger partial charge in [-0.1, -0.05) is 0 Å². The van der Waals surface area contributed by atoms with Crippen molar-refractivity contribution in [1.82, 2.24) is 0 Å². The number of carboxylic acid groups (broad SMARTS) is 1. The Kier molecular flexibility index (Phi) is 3.52. The third-order valence-electron chi connectivity index (χ3n) is 2.87. The van der Waals surface area contributed by atoms with Gasteiger partial charge >= 0.3 is 5.97 Å². The van der Waals surface area contributed by atoms with Crippen molar-refractivity contribution in [1.29, 1.82) is 0 Å². The molecule has 1 saturated carbocycles. The van der Waals surface area contributed by atoms with Crippen LogP contribution in [0.3, 0.4) is 0 Å². The Hall–Kier alpha value is -1.96. The number of hydrogen-bond acceptors (Lipinski definition) is 4. The Morgan fingerprint density at radius 2 is 2.11 bits per heavy atom. The zero-order valence-corrected chi connectivity index (χ0v) is 11.1. The minimum absolute atomic E-state index is 0.0975. The Morgan fingerprint density at radius 1 is 1.42 bits per heavy atom. The second kappa shape index (κ2) is 4.96. The predicted molar refractivity (Wildman–Crippen MR) is 68.7 cm³/mol. The smallest absolute Gasteiger partial charge is 0.307 e. The van der Waals surface area contributed by atoms with Crippen LogP contribution in [0.25, 0.3) is 0 Å². The summed E-state index contributed by atoms with van der Waals surface area (Å²) >= 11 is 3.12. The maximum atomic E-state index is 11.7. The Morgan fingerprint density at radius 3 is 2.58 bits per heavy atom. The van der Waals surface area contributed by atoms with E-state index in [1.165, 1.54) is 18.2 Å². The maximum absolute atomic E-state index is 11.7. The molecule has 1 aromatic carbocycles. The lowest BCUT2D eigenvalue weighted by atomic mass is 10.2. The van der Waals surface area contributed by atoms with Gasteiger partial charge in [0.05, 0.1) is 22.4 Å². The number of carboxylic acids is 1. The standard InChI is InChI=1S/C11H9BrN2O5/c12-8-3-5(14(18)19)1-2-9(8)13-10(15)6-4-7(6)11(16)17/h1-3,6-7H,4H2,(H,13,15)(H,16,17)/t6-,7+/m1/s1. The lowest BCUT2D eigenvalue weighted by Gasteiger charge is -2.06. The van der Waals surface area contributed by atoms with Gasteiger partial charge in [0.2, 0.25) is 5.91 Å². The topological polar surface area (TPSA) is 110 Å². The number of nitro groups is 1. The molecule has 0 heterocycles. The summed E-state index contributed by atoms with van der Waals surface area (Å²) in [4.78, 5) is 32.4. The van der Waals surface area contributed by atoms with E-state index in [-0.39, 0.29) is 11.6 Å². The molecule has 0 aromatic heterocycles. The van der Waals surface area contributed by atoms with Gasteiger partial charge in [-0.15, -0.1) is 0 Å². The molecule has 1 aromatic rings. The van der Waals surface area contributed by atoms with Gasteiger partial charge < -0.3 is 10.4 Å². The van der Waals surface area contributed by atoms with Crippen LogP contribution in [0.1, 0.15) is 6.42 Å². The third kappa shape index (κ3) is 2.90. The van der Waals surface area contributed by atoms with Gasteiger partial charge in [0.1, 0.15) is 0 Å². The fourth-order valence-electron chi connectivity index (χ4n) is 1.70. The van der Waals surface area contributed by atoms with Gasteiger partial charge in [0.25, 0.3) is 5.69 Å². The highest BCUT2D eigenvalue weighted by Crippen LogP contribution is 2.40. The fraction of sp³-hybridized carbons (Fsp3) is 0.273. The van der Waals surface area contributed by atoms with Crippen LogP contribution < -0.4 is 5.32 Å². The number of amides is 1. The average Bonchev–Trinajstić information content (AvgIpc) is 3.11. The number of halogens is 1. The van der Waals surface area contributed by atoms with Crippen LogP contribution in [0.15, 0.2) is 22.7 Å². The number of benzene rings is 1.